The second kappa shape index (κ2) is 24.4. The number of halogens is 6. The highest BCUT2D eigenvalue weighted by Gasteiger charge is 2.40. The first-order valence-electron chi connectivity index (χ1n) is 23.8. The molecule has 75 heavy (non-hydrogen) atoms. The number of carboxylic acid groups (broad SMARTS) is 1. The van der Waals surface area contributed by atoms with Gasteiger partial charge in [-0.2, -0.15) is 26.3 Å². The average Bonchev–Trinajstić information content (AvgIpc) is 3.99. The summed E-state index contributed by atoms with van der Waals surface area (Å²) in [5.41, 5.74) is -0.816. The van der Waals surface area contributed by atoms with Gasteiger partial charge in [-0.05, 0) is 113 Å². The van der Waals surface area contributed by atoms with Gasteiger partial charge in [-0.1, -0.05) is 39.3 Å². The predicted octanol–water partition coefficient (Wildman–Crippen LogP) is 11.2. The number of aliphatic carboxylic acids is 1. The average molecular weight is 1090 g/mol. The van der Waals surface area contributed by atoms with Crippen molar-refractivity contribution in [1.82, 2.24) is 34.9 Å². The number of ether oxygens (including phenoxy) is 5. The van der Waals surface area contributed by atoms with Gasteiger partial charge in [0.15, 0.2) is 23.9 Å². The van der Waals surface area contributed by atoms with Crippen LogP contribution in [0.5, 0.6) is 11.5 Å². The number of imidazole rings is 2. The van der Waals surface area contributed by atoms with Crippen LogP contribution >= 0.6 is 0 Å². The Kier molecular flexibility index (Phi) is 19.3. The zero-order chi connectivity index (χ0) is 55.6. The van der Waals surface area contributed by atoms with E-state index < -0.39 is 56.7 Å². The van der Waals surface area contributed by atoms with Crippen molar-refractivity contribution in [3.63, 3.8) is 0 Å². The Morgan fingerprint density at radius 3 is 1.56 bits per heavy atom. The molecule has 4 aromatic heterocycles. The number of nitrogens with zero attached hydrogens (tertiary/aromatic N) is 7. The molecule has 0 spiro atoms. The third kappa shape index (κ3) is 17.8. The fourth-order valence-corrected chi connectivity index (χ4v) is 7.95. The molecule has 0 saturated carbocycles. The molecule has 0 unspecified atom stereocenters. The molecule has 406 valence electrons. The molecule has 2 N–H and O–H groups in total. The van der Waals surface area contributed by atoms with Crippen LogP contribution in [0.2, 0.25) is 51.4 Å². The molecule has 0 amide bonds. The number of carbonyl (C=O) groups excluding carboxylic acids is 1. The quantitative estimate of drug-likeness (QED) is 0.0215. The summed E-state index contributed by atoms with van der Waals surface area (Å²) in [7, 11) is -1.34. The lowest BCUT2D eigenvalue weighted by Crippen LogP contribution is -2.36. The first-order valence-corrected chi connectivity index (χ1v) is 31.2. The van der Waals surface area contributed by atoms with Crippen LogP contribution in [0.3, 0.4) is 0 Å². The van der Waals surface area contributed by atoms with Crippen molar-refractivity contribution in [2.45, 2.75) is 105 Å². The number of methoxy groups -OCH3 is 1. The van der Waals surface area contributed by atoms with Crippen LogP contribution in [0, 0.1) is 10.8 Å². The standard InChI is InChI=1S/C26H33F3N4O4Si.C25H31F3N4O4Si/c1-25(2,24(34)35-3)16-37-19-9-7-18(8-10-19)20-11-12-21(32-31-20)23-30-22(26(27,28)29)15-33(23)17-36-13-14-38(4,5)6;1-24(2,23(33)34)15-36-18-8-6-17(7-9-18)19-10-11-20(31-30-19)22-29-21(25(26,27)28)14-32(22)16-35-12-13-37(3,4)5/h7-12,15H,13-14,16-17H2,1-6H3;6-11,14H,12-13,15-16H2,1-5H3,(H,33,34)/p+1. The predicted molar refractivity (Wildman–Crippen MR) is 273 cm³/mol. The van der Waals surface area contributed by atoms with E-state index in [1.54, 1.807) is 100 Å². The molecule has 6 aromatic rings. The monoisotopic (exact) mass is 1090 g/mol. The maximum atomic E-state index is 13.4. The number of alkyl halides is 6. The maximum absolute atomic E-state index is 13.4. The Morgan fingerprint density at radius 1 is 0.653 bits per heavy atom. The minimum atomic E-state index is -4.60. The smallest absolute Gasteiger partial charge is 0.457 e. The van der Waals surface area contributed by atoms with Crippen molar-refractivity contribution in [3.05, 3.63) is 96.6 Å². The van der Waals surface area contributed by atoms with E-state index in [0.717, 1.165) is 30.0 Å². The summed E-state index contributed by atoms with van der Waals surface area (Å²) in [6, 6.07) is 22.2. The van der Waals surface area contributed by atoms with E-state index in [4.69, 9.17) is 23.7 Å². The summed E-state index contributed by atoms with van der Waals surface area (Å²) in [4.78, 5) is 29.2. The van der Waals surface area contributed by atoms with Crippen molar-refractivity contribution in [2.75, 3.05) is 33.5 Å². The molecule has 2 aromatic carbocycles. The van der Waals surface area contributed by atoms with Gasteiger partial charge in [-0.15, -0.1) is 20.4 Å². The highest BCUT2D eigenvalue weighted by atomic mass is 28.3. The van der Waals surface area contributed by atoms with E-state index in [2.05, 4.69) is 69.6 Å². The lowest BCUT2D eigenvalue weighted by atomic mass is 9.95. The summed E-state index contributed by atoms with van der Waals surface area (Å²) in [6.07, 6.45) is -7.24. The van der Waals surface area contributed by atoms with Gasteiger partial charge >= 0.3 is 30.1 Å². The molecule has 0 radical (unpaired) electrons. The Labute approximate surface area is 433 Å². The number of carbonyl (C=O) groups is 2. The second-order valence-corrected chi connectivity index (χ2v) is 32.6. The van der Waals surface area contributed by atoms with Gasteiger partial charge in [0.05, 0.1) is 29.3 Å². The largest absolute Gasteiger partial charge is 0.492 e. The van der Waals surface area contributed by atoms with Gasteiger partial charge in [-0.25, -0.2) is 14.5 Å². The van der Waals surface area contributed by atoms with E-state index in [0.29, 0.717) is 41.7 Å². The van der Waals surface area contributed by atoms with Crippen molar-refractivity contribution >= 4 is 28.1 Å². The van der Waals surface area contributed by atoms with Gasteiger partial charge in [-0.3, -0.25) is 9.59 Å². The summed E-state index contributed by atoms with van der Waals surface area (Å²) in [5, 5.41) is 25.9. The molecule has 0 aliphatic heterocycles. The van der Waals surface area contributed by atoms with Crippen LogP contribution in [-0.4, -0.2) is 102 Å². The number of benzene rings is 2. The van der Waals surface area contributed by atoms with Gasteiger partial charge in [0.2, 0.25) is 5.69 Å². The fourth-order valence-electron chi connectivity index (χ4n) is 6.43. The molecule has 0 bridgehead atoms. The van der Waals surface area contributed by atoms with Crippen LogP contribution in [0.25, 0.3) is 45.6 Å². The van der Waals surface area contributed by atoms with E-state index in [1.165, 1.54) is 16.2 Å². The third-order valence-corrected chi connectivity index (χ3v) is 14.7. The third-order valence-electron chi connectivity index (χ3n) is 11.3. The molecule has 0 aliphatic rings. The Balaban J connectivity index is 0.000000277. The molecule has 24 heteroatoms. The molecule has 0 atom stereocenters. The van der Waals surface area contributed by atoms with Crippen LogP contribution in [0.1, 0.15) is 39.1 Å². The first-order chi connectivity index (χ1) is 34.8. The van der Waals surface area contributed by atoms with Gasteiger partial charge < -0.3 is 33.4 Å². The number of nitrogens with one attached hydrogen (secondary N) is 1. The molecule has 0 fully saturated rings. The zero-order valence-electron chi connectivity index (χ0n) is 43.9. The number of aromatic amines is 1. The summed E-state index contributed by atoms with van der Waals surface area (Å²) in [6.45, 7) is 20.8. The van der Waals surface area contributed by atoms with Crippen molar-refractivity contribution < 1.29 is 69.3 Å². The molecule has 16 nitrogen and oxygen atoms in total. The minimum Gasteiger partial charge on any atom is -0.492 e. The maximum Gasteiger partial charge on any atom is 0.457 e. The highest BCUT2D eigenvalue weighted by molar-refractivity contribution is 6.76. The number of carboxylic acids is 1. The number of H-pyrrole nitrogens is 1. The number of hydrogen-bond acceptors (Lipinski definition) is 12. The van der Waals surface area contributed by atoms with E-state index in [-0.39, 0.29) is 55.7 Å². The lowest BCUT2D eigenvalue weighted by Gasteiger charge is -2.21. The number of rotatable bonds is 22. The highest BCUT2D eigenvalue weighted by Crippen LogP contribution is 2.33. The first kappa shape index (κ1) is 59.4. The minimum absolute atomic E-state index is 0.00456. The van der Waals surface area contributed by atoms with Gasteiger partial charge in [0.25, 0.3) is 0 Å². The van der Waals surface area contributed by atoms with E-state index in [9.17, 15) is 41.0 Å². The van der Waals surface area contributed by atoms with Crippen LogP contribution in [0.15, 0.2) is 85.2 Å². The van der Waals surface area contributed by atoms with Crippen molar-refractivity contribution in [3.8, 4) is 57.1 Å². The Bertz CT molecular complexity index is 2810. The zero-order valence-corrected chi connectivity index (χ0v) is 45.9. The van der Waals surface area contributed by atoms with Gasteiger partial charge in [0.1, 0.15) is 43.3 Å². The van der Waals surface area contributed by atoms with Gasteiger partial charge in [0, 0.05) is 46.7 Å². The van der Waals surface area contributed by atoms with Crippen LogP contribution in [0.4, 0.5) is 26.3 Å². The number of esters is 1. The molecular formula is C51H65F6N8O8Si2+. The molecular weight excluding hydrogens is 1020 g/mol. The SMILES string of the molecule is CC(C)(COc1ccc(-c2ccc(-c3nc(C(F)(F)F)cn3COCC[Si](C)(C)C)nn2)cc1)C(=O)O.COC(=O)C(C)(C)COc1ccc(-c2ccc(-c3[nH]c(C(F)(F)F)c[n+]3COCC[Si](C)(C)C)nn2)cc1. The Morgan fingerprint density at radius 2 is 1.12 bits per heavy atom. The van der Waals surface area contributed by atoms with Crippen molar-refractivity contribution in [2.24, 2.45) is 10.8 Å². The fraction of sp³-hybridized carbons (Fsp3) is 0.451. The topological polar surface area (TPSA) is 190 Å². The van der Waals surface area contributed by atoms with E-state index in [1.807, 2.05) is 0 Å². The normalized spacial score (nSPS) is 12.5. The molecule has 0 saturated heterocycles. The summed E-state index contributed by atoms with van der Waals surface area (Å²) in [5.74, 6) is -0.0884. The van der Waals surface area contributed by atoms with E-state index >= 15 is 0 Å². The molecule has 6 rings (SSSR count). The second-order valence-electron chi connectivity index (χ2n) is 21.4. The molecule has 4 heterocycles. The van der Waals surface area contributed by atoms with Crippen LogP contribution in [-0.2, 0) is 49.6 Å². The summed E-state index contributed by atoms with van der Waals surface area (Å²) < 4.78 is 110. The van der Waals surface area contributed by atoms with Crippen molar-refractivity contribution in [1.29, 1.82) is 0 Å². The van der Waals surface area contributed by atoms with Crippen LogP contribution < -0.4 is 14.0 Å². The number of hydrogen-bond donors (Lipinski definition) is 2. The summed E-state index contributed by atoms with van der Waals surface area (Å²) >= 11 is 0. The Hall–Kier alpha value is -6.51. The lowest BCUT2D eigenvalue weighted by molar-refractivity contribution is -0.721. The molecule has 0 aliphatic carbocycles. The number of aromatic nitrogens is 8.